The molecule has 0 aromatic heterocycles. The first kappa shape index (κ1) is 9.22. The monoisotopic (exact) mass is 203 g/mol. The highest BCUT2D eigenvalue weighted by molar-refractivity contribution is 5.60. The van der Waals surface area contributed by atoms with Crippen LogP contribution in [0.2, 0.25) is 0 Å². The summed E-state index contributed by atoms with van der Waals surface area (Å²) < 4.78 is 5.44. The Balaban J connectivity index is 1.90. The summed E-state index contributed by atoms with van der Waals surface area (Å²) in [4.78, 5) is 0. The molecule has 80 valence electrons. The fraction of sp³-hybridized carbons (Fsp3) is 0.538. The molecule has 2 nitrogen and oxygen atoms in total. The van der Waals surface area contributed by atoms with E-state index in [-0.39, 0.29) is 0 Å². The van der Waals surface area contributed by atoms with Crippen LogP contribution in [0.5, 0.6) is 0 Å². The average Bonchev–Trinajstić information content (AvgIpc) is 2.56. The van der Waals surface area contributed by atoms with Crippen LogP contribution in [0, 0.1) is 6.92 Å². The summed E-state index contributed by atoms with van der Waals surface area (Å²) in [5.74, 6) is 0. The van der Waals surface area contributed by atoms with E-state index >= 15 is 0 Å². The van der Waals surface area contributed by atoms with Crippen molar-refractivity contribution in [2.24, 2.45) is 0 Å². The molecule has 0 atom stereocenters. The molecule has 2 aliphatic heterocycles. The van der Waals surface area contributed by atoms with Crippen molar-refractivity contribution in [1.82, 2.24) is 0 Å². The Labute approximate surface area is 90.6 Å². The number of hydrogen-bond donors (Lipinski definition) is 1. The normalized spacial score (nSPS) is 22.5. The van der Waals surface area contributed by atoms with Crippen LogP contribution in [0.1, 0.15) is 24.0 Å². The van der Waals surface area contributed by atoms with Crippen molar-refractivity contribution >= 4 is 5.69 Å². The Hall–Kier alpha value is -1.02. The molecule has 1 aromatic rings. The molecule has 0 unspecified atom stereocenters. The fourth-order valence-corrected chi connectivity index (χ4v) is 2.72. The molecule has 1 spiro atoms. The van der Waals surface area contributed by atoms with Crippen LogP contribution >= 0.6 is 0 Å². The minimum Gasteiger partial charge on any atom is -0.381 e. The van der Waals surface area contributed by atoms with Crippen LogP contribution in [0.4, 0.5) is 5.69 Å². The average molecular weight is 203 g/mol. The fourth-order valence-electron chi connectivity index (χ4n) is 2.72. The first-order valence-electron chi connectivity index (χ1n) is 5.73. The van der Waals surface area contributed by atoms with Crippen LogP contribution < -0.4 is 5.32 Å². The summed E-state index contributed by atoms with van der Waals surface area (Å²) in [6.45, 7) is 3.96. The summed E-state index contributed by atoms with van der Waals surface area (Å²) in [7, 11) is 0. The van der Waals surface area contributed by atoms with Gasteiger partial charge in [-0.15, -0.1) is 0 Å². The highest BCUT2D eigenvalue weighted by Crippen LogP contribution is 2.38. The van der Waals surface area contributed by atoms with E-state index in [1.165, 1.54) is 23.2 Å². The van der Waals surface area contributed by atoms with Crippen molar-refractivity contribution in [3.63, 3.8) is 0 Å². The number of hydrogen-bond acceptors (Lipinski definition) is 2. The van der Waals surface area contributed by atoms with Crippen molar-refractivity contribution in [2.45, 2.75) is 31.7 Å². The number of anilines is 1. The SMILES string of the molecule is Cc1ccc2c(c1)NC1(CCOCC1)C2. The molecule has 0 radical (unpaired) electrons. The number of rotatable bonds is 0. The highest BCUT2D eigenvalue weighted by atomic mass is 16.5. The number of aryl methyl sites for hydroxylation is 1. The lowest BCUT2D eigenvalue weighted by molar-refractivity contribution is 0.0624. The lowest BCUT2D eigenvalue weighted by Gasteiger charge is -2.34. The minimum absolute atomic E-state index is 0.300. The Morgan fingerprint density at radius 3 is 2.87 bits per heavy atom. The van der Waals surface area contributed by atoms with Gasteiger partial charge in [0.05, 0.1) is 0 Å². The van der Waals surface area contributed by atoms with E-state index in [0.717, 1.165) is 26.1 Å². The second kappa shape index (κ2) is 3.24. The van der Waals surface area contributed by atoms with E-state index in [0.29, 0.717) is 5.54 Å². The quantitative estimate of drug-likeness (QED) is 0.699. The molecular formula is C13H17NO. The summed E-state index contributed by atoms with van der Waals surface area (Å²) in [5.41, 5.74) is 4.46. The van der Waals surface area contributed by atoms with Gasteiger partial charge in [-0.1, -0.05) is 12.1 Å². The predicted molar refractivity (Wildman–Crippen MR) is 61.3 cm³/mol. The standard InChI is InChI=1S/C13H17NO/c1-10-2-3-11-9-13(14-12(11)8-10)4-6-15-7-5-13/h2-3,8,14H,4-7,9H2,1H3. The summed E-state index contributed by atoms with van der Waals surface area (Å²) in [6.07, 6.45) is 3.45. The molecule has 15 heavy (non-hydrogen) atoms. The summed E-state index contributed by atoms with van der Waals surface area (Å²) in [5, 5.41) is 3.71. The van der Waals surface area contributed by atoms with Crippen LogP contribution in [-0.4, -0.2) is 18.8 Å². The van der Waals surface area contributed by atoms with E-state index in [9.17, 15) is 0 Å². The molecule has 1 aromatic carbocycles. The van der Waals surface area contributed by atoms with E-state index < -0.39 is 0 Å². The second-order valence-electron chi connectivity index (χ2n) is 4.86. The maximum Gasteiger partial charge on any atom is 0.0488 e. The molecular weight excluding hydrogens is 186 g/mol. The van der Waals surface area contributed by atoms with Gasteiger partial charge in [0.1, 0.15) is 0 Å². The van der Waals surface area contributed by atoms with Crippen molar-refractivity contribution in [3.05, 3.63) is 29.3 Å². The predicted octanol–water partition coefficient (Wildman–Crippen LogP) is 2.51. The first-order valence-corrected chi connectivity index (χ1v) is 5.73. The third-order valence-electron chi connectivity index (χ3n) is 3.64. The Kier molecular flexibility index (Phi) is 1.99. The van der Waals surface area contributed by atoms with Gasteiger partial charge in [0.25, 0.3) is 0 Å². The summed E-state index contributed by atoms with van der Waals surface area (Å²) >= 11 is 0. The molecule has 2 aliphatic rings. The zero-order valence-corrected chi connectivity index (χ0v) is 9.18. The number of fused-ring (bicyclic) bond motifs is 1. The number of nitrogens with one attached hydrogen (secondary N) is 1. The number of benzene rings is 1. The van der Waals surface area contributed by atoms with Crippen molar-refractivity contribution in [3.8, 4) is 0 Å². The van der Waals surface area contributed by atoms with Crippen molar-refractivity contribution in [2.75, 3.05) is 18.5 Å². The van der Waals surface area contributed by atoms with Crippen molar-refractivity contribution < 1.29 is 4.74 Å². The van der Waals surface area contributed by atoms with Gasteiger partial charge in [0.2, 0.25) is 0 Å². The maximum atomic E-state index is 5.44. The van der Waals surface area contributed by atoms with Gasteiger partial charge in [-0.2, -0.15) is 0 Å². The summed E-state index contributed by atoms with van der Waals surface area (Å²) in [6, 6.07) is 6.74. The second-order valence-corrected chi connectivity index (χ2v) is 4.86. The van der Waals surface area contributed by atoms with Gasteiger partial charge in [-0.05, 0) is 43.4 Å². The van der Waals surface area contributed by atoms with Gasteiger partial charge in [-0.25, -0.2) is 0 Å². The molecule has 1 saturated heterocycles. The van der Waals surface area contributed by atoms with Gasteiger partial charge >= 0.3 is 0 Å². The van der Waals surface area contributed by atoms with Crippen molar-refractivity contribution in [1.29, 1.82) is 0 Å². The maximum absolute atomic E-state index is 5.44. The smallest absolute Gasteiger partial charge is 0.0488 e. The molecule has 0 aliphatic carbocycles. The molecule has 0 saturated carbocycles. The first-order chi connectivity index (χ1) is 7.27. The minimum atomic E-state index is 0.300. The molecule has 1 fully saturated rings. The van der Waals surface area contributed by atoms with E-state index in [2.05, 4.69) is 30.4 Å². The van der Waals surface area contributed by atoms with Crippen LogP contribution in [0.3, 0.4) is 0 Å². The Bertz CT molecular complexity index is 380. The van der Waals surface area contributed by atoms with Gasteiger partial charge in [-0.3, -0.25) is 0 Å². The Morgan fingerprint density at radius 1 is 1.27 bits per heavy atom. The number of ether oxygens (including phenoxy) is 1. The topological polar surface area (TPSA) is 21.3 Å². The zero-order chi connectivity index (χ0) is 10.3. The molecule has 2 heterocycles. The highest BCUT2D eigenvalue weighted by Gasteiger charge is 2.37. The van der Waals surface area contributed by atoms with E-state index in [4.69, 9.17) is 4.74 Å². The van der Waals surface area contributed by atoms with Crippen LogP contribution in [0.15, 0.2) is 18.2 Å². The van der Waals surface area contributed by atoms with Crippen LogP contribution in [0.25, 0.3) is 0 Å². The molecule has 0 amide bonds. The van der Waals surface area contributed by atoms with E-state index in [1.807, 2.05) is 0 Å². The molecule has 0 bridgehead atoms. The Morgan fingerprint density at radius 2 is 2.07 bits per heavy atom. The van der Waals surface area contributed by atoms with Crippen LogP contribution in [-0.2, 0) is 11.2 Å². The lowest BCUT2D eigenvalue weighted by atomic mass is 9.87. The molecule has 2 heteroatoms. The van der Waals surface area contributed by atoms with E-state index in [1.54, 1.807) is 0 Å². The van der Waals surface area contributed by atoms with Gasteiger partial charge in [0.15, 0.2) is 0 Å². The third kappa shape index (κ3) is 1.53. The molecule has 3 rings (SSSR count). The zero-order valence-electron chi connectivity index (χ0n) is 9.18. The largest absolute Gasteiger partial charge is 0.381 e. The molecule has 1 N–H and O–H groups in total. The van der Waals surface area contributed by atoms with Gasteiger partial charge in [0, 0.05) is 24.4 Å². The lowest BCUT2D eigenvalue weighted by Crippen LogP contribution is -2.41. The third-order valence-corrected chi connectivity index (χ3v) is 3.64. The van der Waals surface area contributed by atoms with Gasteiger partial charge < -0.3 is 10.1 Å².